The number of hydrogen-bond acceptors (Lipinski definition) is 6. The van der Waals surface area contributed by atoms with Crippen molar-refractivity contribution < 1.29 is 4.39 Å². The second kappa shape index (κ2) is 9.31. The van der Waals surface area contributed by atoms with Crippen LogP contribution in [0.25, 0.3) is 5.65 Å². The Hall–Kier alpha value is -2.19. The van der Waals surface area contributed by atoms with Gasteiger partial charge in [-0.1, -0.05) is 0 Å². The maximum atomic E-state index is 14.1. The molecule has 0 aliphatic carbocycles. The highest BCUT2D eigenvalue weighted by Crippen LogP contribution is 2.37. The molecular formula is C22H31FN6S. The molecule has 2 N–H and O–H groups in total. The third kappa shape index (κ3) is 4.92. The fourth-order valence-corrected chi connectivity index (χ4v) is 3.92. The molecule has 4 heterocycles. The first-order valence-electron chi connectivity index (χ1n) is 10.3. The van der Waals surface area contributed by atoms with Crippen molar-refractivity contribution >= 4 is 24.1 Å². The van der Waals surface area contributed by atoms with E-state index in [9.17, 15) is 4.39 Å². The summed E-state index contributed by atoms with van der Waals surface area (Å²) in [6.07, 6.45) is 10.3. The van der Waals surface area contributed by atoms with E-state index in [-0.39, 0.29) is 17.4 Å². The number of nitrogens with zero attached hydrogens (tertiary/aromatic N) is 5. The monoisotopic (exact) mass is 430 g/mol. The molecule has 1 fully saturated rings. The van der Waals surface area contributed by atoms with Gasteiger partial charge in [-0.15, -0.1) is 0 Å². The van der Waals surface area contributed by atoms with Gasteiger partial charge in [-0.3, -0.25) is 4.98 Å². The first-order chi connectivity index (χ1) is 14.3. The van der Waals surface area contributed by atoms with Crippen molar-refractivity contribution in [2.75, 3.05) is 17.7 Å². The van der Waals surface area contributed by atoms with E-state index in [0.717, 1.165) is 60.5 Å². The third-order valence-electron chi connectivity index (χ3n) is 5.41. The normalized spacial score (nSPS) is 16.6. The van der Waals surface area contributed by atoms with Crippen molar-refractivity contribution in [3.63, 3.8) is 0 Å². The highest BCUT2D eigenvalue weighted by atomic mass is 32.1. The summed E-state index contributed by atoms with van der Waals surface area (Å²) < 4.78 is 15.9. The quantitative estimate of drug-likeness (QED) is 0.596. The number of hydrogen-bond donors (Lipinski definition) is 2. The molecule has 0 aromatic carbocycles. The number of halogens is 1. The highest BCUT2D eigenvalue weighted by molar-refractivity contribution is 7.79. The van der Waals surface area contributed by atoms with E-state index < -0.39 is 0 Å². The van der Waals surface area contributed by atoms with E-state index >= 15 is 0 Å². The van der Waals surface area contributed by atoms with Gasteiger partial charge in [-0.2, -0.15) is 17.7 Å². The van der Waals surface area contributed by atoms with Crippen molar-refractivity contribution in [1.82, 2.24) is 19.6 Å². The van der Waals surface area contributed by atoms with Gasteiger partial charge >= 0.3 is 0 Å². The fourth-order valence-electron chi connectivity index (χ4n) is 3.92. The van der Waals surface area contributed by atoms with Crippen LogP contribution in [0.1, 0.15) is 56.0 Å². The standard InChI is InChI=1S/C21H27FN6.CH4S/c1-14-12-25-28-10-7-19(26-20(14)28)27-9-4-5-18(27)16-11-15(22)13-24-17(16)6-8-21(2,3)23;1-2/h7,10-13,18H,4-6,8-9,23H2,1-3H3;2H,1H3. The summed E-state index contributed by atoms with van der Waals surface area (Å²) in [5.74, 6) is 0.598. The minimum Gasteiger partial charge on any atom is -0.349 e. The number of thiol groups is 1. The van der Waals surface area contributed by atoms with Crippen LogP contribution < -0.4 is 10.6 Å². The first-order valence-corrected chi connectivity index (χ1v) is 11.2. The van der Waals surface area contributed by atoms with Crippen LogP contribution in [0, 0.1) is 12.7 Å². The van der Waals surface area contributed by atoms with E-state index in [2.05, 4.69) is 27.6 Å². The average Bonchev–Trinajstić information content (AvgIpc) is 3.35. The predicted octanol–water partition coefficient (Wildman–Crippen LogP) is 4.13. The maximum absolute atomic E-state index is 14.1. The number of aromatic nitrogens is 4. The lowest BCUT2D eigenvalue weighted by Gasteiger charge is -2.28. The number of fused-ring (bicyclic) bond motifs is 1. The first kappa shape index (κ1) is 22.5. The van der Waals surface area contributed by atoms with Crippen molar-refractivity contribution in [3.05, 3.63) is 53.4 Å². The number of anilines is 1. The van der Waals surface area contributed by atoms with E-state index in [0.29, 0.717) is 0 Å². The zero-order valence-electron chi connectivity index (χ0n) is 18.1. The van der Waals surface area contributed by atoms with Crippen molar-refractivity contribution in [3.8, 4) is 0 Å². The Morgan fingerprint density at radius 3 is 2.80 bits per heavy atom. The lowest BCUT2D eigenvalue weighted by Crippen LogP contribution is -2.32. The van der Waals surface area contributed by atoms with Crippen LogP contribution >= 0.6 is 12.6 Å². The molecule has 1 unspecified atom stereocenters. The van der Waals surface area contributed by atoms with Gasteiger partial charge in [-0.25, -0.2) is 13.9 Å². The molecule has 0 amide bonds. The fraction of sp³-hybridized carbons (Fsp3) is 0.500. The number of pyridine rings is 1. The molecule has 1 aliphatic heterocycles. The van der Waals surface area contributed by atoms with Gasteiger partial charge in [0.05, 0.1) is 18.4 Å². The lowest BCUT2D eigenvalue weighted by atomic mass is 9.94. The van der Waals surface area contributed by atoms with Gasteiger partial charge in [0.1, 0.15) is 11.6 Å². The molecule has 30 heavy (non-hydrogen) atoms. The summed E-state index contributed by atoms with van der Waals surface area (Å²) in [7, 11) is 0. The zero-order valence-corrected chi connectivity index (χ0v) is 19.0. The summed E-state index contributed by atoms with van der Waals surface area (Å²) in [4.78, 5) is 11.5. The molecule has 1 aliphatic rings. The van der Waals surface area contributed by atoms with Gasteiger partial charge in [0.2, 0.25) is 0 Å². The lowest BCUT2D eigenvalue weighted by molar-refractivity contribution is 0.471. The van der Waals surface area contributed by atoms with Gasteiger partial charge in [-0.05, 0) is 70.4 Å². The van der Waals surface area contributed by atoms with E-state index in [1.807, 2.05) is 39.2 Å². The van der Waals surface area contributed by atoms with Crippen LogP contribution in [0.2, 0.25) is 0 Å². The molecule has 0 radical (unpaired) electrons. The van der Waals surface area contributed by atoms with Gasteiger partial charge in [0, 0.05) is 29.5 Å². The summed E-state index contributed by atoms with van der Waals surface area (Å²) in [6, 6.07) is 3.68. The van der Waals surface area contributed by atoms with Crippen LogP contribution in [0.4, 0.5) is 10.2 Å². The maximum Gasteiger partial charge on any atom is 0.160 e. The summed E-state index contributed by atoms with van der Waals surface area (Å²) >= 11 is 3.53. The van der Waals surface area contributed by atoms with Crippen molar-refractivity contribution in [1.29, 1.82) is 0 Å². The SMILES string of the molecule is CS.Cc1cnn2ccc(N3CCCC3c3cc(F)cnc3CCC(C)(C)N)nc12. The van der Waals surface area contributed by atoms with Gasteiger partial charge in [0.15, 0.2) is 5.65 Å². The van der Waals surface area contributed by atoms with E-state index in [1.54, 1.807) is 16.8 Å². The Kier molecular flexibility index (Phi) is 6.98. The van der Waals surface area contributed by atoms with Crippen molar-refractivity contribution in [2.24, 2.45) is 5.73 Å². The van der Waals surface area contributed by atoms with Crippen molar-refractivity contribution in [2.45, 2.75) is 58.0 Å². The summed E-state index contributed by atoms with van der Waals surface area (Å²) in [5.41, 5.74) is 9.65. The van der Waals surface area contributed by atoms with E-state index in [4.69, 9.17) is 10.7 Å². The van der Waals surface area contributed by atoms with Crippen LogP contribution in [0.15, 0.2) is 30.7 Å². The summed E-state index contributed by atoms with van der Waals surface area (Å²) in [5, 5.41) is 4.30. The molecule has 1 atom stereocenters. The predicted molar refractivity (Wildman–Crippen MR) is 123 cm³/mol. The summed E-state index contributed by atoms with van der Waals surface area (Å²) in [6.45, 7) is 6.90. The second-order valence-electron chi connectivity index (χ2n) is 8.41. The topological polar surface area (TPSA) is 72.3 Å². The number of aryl methyl sites for hydroxylation is 2. The molecule has 3 aromatic rings. The van der Waals surface area contributed by atoms with Gasteiger partial charge < -0.3 is 10.6 Å². The molecule has 0 bridgehead atoms. The minimum absolute atomic E-state index is 0.0669. The largest absolute Gasteiger partial charge is 0.349 e. The number of nitrogens with two attached hydrogens (primary N) is 1. The van der Waals surface area contributed by atoms with Crippen LogP contribution in [0.3, 0.4) is 0 Å². The Bertz CT molecular complexity index is 997. The Morgan fingerprint density at radius 2 is 2.07 bits per heavy atom. The Labute approximate surface area is 183 Å². The molecule has 162 valence electrons. The van der Waals surface area contributed by atoms with Crippen LogP contribution in [-0.2, 0) is 6.42 Å². The zero-order chi connectivity index (χ0) is 21.9. The van der Waals surface area contributed by atoms with Crippen LogP contribution in [0.5, 0.6) is 0 Å². The molecular weight excluding hydrogens is 399 g/mol. The van der Waals surface area contributed by atoms with Crippen LogP contribution in [-0.4, -0.2) is 37.9 Å². The Morgan fingerprint density at radius 1 is 1.30 bits per heavy atom. The second-order valence-corrected chi connectivity index (χ2v) is 8.41. The Balaban J connectivity index is 0.00000124. The molecule has 1 saturated heterocycles. The number of rotatable bonds is 5. The minimum atomic E-state index is -0.298. The molecule has 4 rings (SSSR count). The van der Waals surface area contributed by atoms with E-state index in [1.165, 1.54) is 6.20 Å². The molecule has 8 heteroatoms. The molecule has 3 aromatic heterocycles. The molecule has 0 spiro atoms. The molecule has 6 nitrogen and oxygen atoms in total. The average molecular weight is 431 g/mol. The highest BCUT2D eigenvalue weighted by Gasteiger charge is 2.30. The molecule has 0 saturated carbocycles. The third-order valence-corrected chi connectivity index (χ3v) is 5.41. The van der Waals surface area contributed by atoms with Gasteiger partial charge in [0.25, 0.3) is 0 Å². The smallest absolute Gasteiger partial charge is 0.160 e.